The molecule has 0 saturated heterocycles. The van der Waals surface area contributed by atoms with Gasteiger partial charge in [-0.3, -0.25) is 9.59 Å². The van der Waals surface area contributed by atoms with Crippen LogP contribution in [-0.4, -0.2) is 18.3 Å². The van der Waals surface area contributed by atoms with E-state index in [0.717, 1.165) is 5.56 Å². The van der Waals surface area contributed by atoms with Crippen LogP contribution < -0.4 is 10.5 Å². The molecule has 2 aromatic carbocycles. The van der Waals surface area contributed by atoms with Crippen LogP contribution in [0.5, 0.6) is 5.75 Å². The molecule has 0 unspecified atom stereocenters. The zero-order valence-electron chi connectivity index (χ0n) is 11.1. The number of Topliss-reactive ketones (excluding diaryl/α,β-unsaturated/α-hetero) is 1. The van der Waals surface area contributed by atoms with Crippen LogP contribution >= 0.6 is 0 Å². The Morgan fingerprint density at radius 3 is 2.40 bits per heavy atom. The van der Waals surface area contributed by atoms with Gasteiger partial charge in [0.2, 0.25) is 0 Å². The number of carbonyl (C=O) groups excluding carboxylic acids is 2. The number of para-hydroxylation sites is 1. The van der Waals surface area contributed by atoms with Crippen LogP contribution in [0.3, 0.4) is 0 Å². The first-order chi connectivity index (χ1) is 9.59. The van der Waals surface area contributed by atoms with Crippen molar-refractivity contribution in [2.24, 2.45) is 5.73 Å². The van der Waals surface area contributed by atoms with Gasteiger partial charge in [0.15, 0.2) is 12.4 Å². The lowest BCUT2D eigenvalue weighted by atomic mass is 10.1. The Hall–Kier alpha value is -2.62. The maximum Gasteiger partial charge on any atom is 0.252 e. The highest BCUT2D eigenvalue weighted by molar-refractivity contribution is 5.98. The molecular weight excluding hydrogens is 254 g/mol. The van der Waals surface area contributed by atoms with Crippen molar-refractivity contribution in [3.05, 3.63) is 65.2 Å². The third kappa shape index (κ3) is 3.03. The Balaban J connectivity index is 2.16. The van der Waals surface area contributed by atoms with Crippen molar-refractivity contribution in [1.29, 1.82) is 0 Å². The van der Waals surface area contributed by atoms with Crippen molar-refractivity contribution in [3.63, 3.8) is 0 Å². The predicted octanol–water partition coefficient (Wildman–Crippen LogP) is 2.36. The van der Waals surface area contributed by atoms with E-state index in [0.29, 0.717) is 11.3 Å². The van der Waals surface area contributed by atoms with Gasteiger partial charge in [0, 0.05) is 5.56 Å². The molecule has 0 aliphatic carbocycles. The van der Waals surface area contributed by atoms with Gasteiger partial charge < -0.3 is 10.5 Å². The van der Waals surface area contributed by atoms with Crippen molar-refractivity contribution in [3.8, 4) is 5.75 Å². The first-order valence-electron chi connectivity index (χ1n) is 6.20. The van der Waals surface area contributed by atoms with Crippen LogP contribution in [0.4, 0.5) is 0 Å². The van der Waals surface area contributed by atoms with Crippen LogP contribution in [0.25, 0.3) is 0 Å². The summed E-state index contributed by atoms with van der Waals surface area (Å²) in [7, 11) is 0. The fourth-order valence-electron chi connectivity index (χ4n) is 1.88. The van der Waals surface area contributed by atoms with E-state index in [-0.39, 0.29) is 18.0 Å². The molecular formula is C16H15NO3. The average Bonchev–Trinajstić information content (AvgIpc) is 2.46. The Morgan fingerprint density at radius 1 is 1.05 bits per heavy atom. The van der Waals surface area contributed by atoms with E-state index in [2.05, 4.69) is 0 Å². The van der Waals surface area contributed by atoms with Gasteiger partial charge in [-0.1, -0.05) is 42.5 Å². The van der Waals surface area contributed by atoms with Crippen LogP contribution in [-0.2, 0) is 0 Å². The second-order valence-electron chi connectivity index (χ2n) is 4.39. The number of aryl methyl sites for hydroxylation is 1. The number of rotatable bonds is 5. The van der Waals surface area contributed by atoms with Gasteiger partial charge in [-0.2, -0.15) is 0 Å². The van der Waals surface area contributed by atoms with Crippen molar-refractivity contribution in [2.75, 3.05) is 6.61 Å². The summed E-state index contributed by atoms with van der Waals surface area (Å²) in [6.07, 6.45) is 0. The molecule has 102 valence electrons. The molecule has 0 aliphatic rings. The van der Waals surface area contributed by atoms with Crippen molar-refractivity contribution < 1.29 is 14.3 Å². The molecule has 4 heteroatoms. The van der Waals surface area contributed by atoms with Crippen LogP contribution in [0.2, 0.25) is 0 Å². The molecule has 0 atom stereocenters. The highest BCUT2D eigenvalue weighted by Crippen LogP contribution is 2.23. The van der Waals surface area contributed by atoms with Gasteiger partial charge in [-0.15, -0.1) is 0 Å². The Bertz CT molecular complexity index is 635. The SMILES string of the molecule is Cc1cccc(C(N)=O)c1OCC(=O)c1ccccc1. The topological polar surface area (TPSA) is 69.4 Å². The van der Waals surface area contributed by atoms with Crippen LogP contribution in [0, 0.1) is 6.92 Å². The normalized spacial score (nSPS) is 10.1. The number of ether oxygens (including phenoxy) is 1. The predicted molar refractivity (Wildman–Crippen MR) is 76.0 cm³/mol. The molecule has 2 N–H and O–H groups in total. The van der Waals surface area contributed by atoms with Gasteiger partial charge >= 0.3 is 0 Å². The summed E-state index contributed by atoms with van der Waals surface area (Å²) in [5.74, 6) is -0.357. The average molecular weight is 269 g/mol. The zero-order valence-corrected chi connectivity index (χ0v) is 11.1. The van der Waals surface area contributed by atoms with E-state index in [4.69, 9.17) is 10.5 Å². The second-order valence-corrected chi connectivity index (χ2v) is 4.39. The number of hydrogen-bond donors (Lipinski definition) is 1. The van der Waals surface area contributed by atoms with E-state index < -0.39 is 5.91 Å². The van der Waals surface area contributed by atoms with E-state index in [1.807, 2.05) is 6.07 Å². The Labute approximate surface area is 117 Å². The maximum absolute atomic E-state index is 12.0. The monoisotopic (exact) mass is 269 g/mol. The molecule has 0 aliphatic heterocycles. The summed E-state index contributed by atoms with van der Waals surface area (Å²) in [4.78, 5) is 23.3. The lowest BCUT2D eigenvalue weighted by Gasteiger charge is -2.11. The standard InChI is InChI=1S/C16H15NO3/c1-11-6-5-9-13(16(17)19)15(11)20-10-14(18)12-7-3-2-4-8-12/h2-9H,10H2,1H3,(H2,17,19). The molecule has 0 saturated carbocycles. The van der Waals surface area contributed by atoms with E-state index in [9.17, 15) is 9.59 Å². The minimum atomic E-state index is -0.573. The van der Waals surface area contributed by atoms with Gasteiger partial charge in [0.05, 0.1) is 5.56 Å². The number of nitrogens with two attached hydrogens (primary N) is 1. The summed E-state index contributed by atoms with van der Waals surface area (Å²) in [6.45, 7) is 1.67. The van der Waals surface area contributed by atoms with Gasteiger partial charge in [0.25, 0.3) is 5.91 Å². The van der Waals surface area contributed by atoms with Gasteiger partial charge in [-0.25, -0.2) is 0 Å². The Morgan fingerprint density at radius 2 is 1.75 bits per heavy atom. The summed E-state index contributed by atoms with van der Waals surface area (Å²) < 4.78 is 5.50. The highest BCUT2D eigenvalue weighted by Gasteiger charge is 2.13. The number of amides is 1. The lowest BCUT2D eigenvalue weighted by Crippen LogP contribution is -2.17. The van der Waals surface area contributed by atoms with Crippen molar-refractivity contribution in [2.45, 2.75) is 6.92 Å². The largest absolute Gasteiger partial charge is 0.484 e. The summed E-state index contributed by atoms with van der Waals surface area (Å²) in [5.41, 5.74) is 6.92. The van der Waals surface area contributed by atoms with Crippen LogP contribution in [0.15, 0.2) is 48.5 Å². The number of ketones is 1. The fraction of sp³-hybridized carbons (Fsp3) is 0.125. The lowest BCUT2D eigenvalue weighted by molar-refractivity contribution is 0.0911. The first kappa shape index (κ1) is 13.8. The molecule has 0 aromatic heterocycles. The molecule has 0 spiro atoms. The quantitative estimate of drug-likeness (QED) is 0.847. The van der Waals surface area contributed by atoms with E-state index in [1.54, 1.807) is 49.4 Å². The van der Waals surface area contributed by atoms with E-state index in [1.165, 1.54) is 0 Å². The molecule has 4 nitrogen and oxygen atoms in total. The van der Waals surface area contributed by atoms with Gasteiger partial charge in [-0.05, 0) is 18.6 Å². The molecule has 0 fully saturated rings. The minimum absolute atomic E-state index is 0.130. The molecule has 0 radical (unpaired) electrons. The van der Waals surface area contributed by atoms with Crippen molar-refractivity contribution in [1.82, 2.24) is 0 Å². The second kappa shape index (κ2) is 6.02. The summed E-state index contributed by atoms with van der Waals surface area (Å²) >= 11 is 0. The number of carbonyl (C=O) groups is 2. The maximum atomic E-state index is 12.0. The first-order valence-corrected chi connectivity index (χ1v) is 6.20. The minimum Gasteiger partial charge on any atom is -0.484 e. The molecule has 2 aromatic rings. The van der Waals surface area contributed by atoms with Gasteiger partial charge in [0.1, 0.15) is 5.75 Å². The smallest absolute Gasteiger partial charge is 0.252 e. The molecule has 1 amide bonds. The summed E-state index contributed by atoms with van der Waals surface area (Å²) in [5, 5.41) is 0. The fourth-order valence-corrected chi connectivity index (χ4v) is 1.88. The Kier molecular flexibility index (Phi) is 4.15. The third-order valence-electron chi connectivity index (χ3n) is 2.92. The molecule has 20 heavy (non-hydrogen) atoms. The van der Waals surface area contributed by atoms with Crippen molar-refractivity contribution >= 4 is 11.7 Å². The zero-order chi connectivity index (χ0) is 14.5. The molecule has 2 rings (SSSR count). The molecule has 0 bridgehead atoms. The number of hydrogen-bond acceptors (Lipinski definition) is 3. The van der Waals surface area contributed by atoms with Crippen LogP contribution in [0.1, 0.15) is 26.3 Å². The molecule has 0 heterocycles. The highest BCUT2D eigenvalue weighted by atomic mass is 16.5. The number of primary amides is 1. The number of benzene rings is 2. The third-order valence-corrected chi connectivity index (χ3v) is 2.92. The van der Waals surface area contributed by atoms with E-state index >= 15 is 0 Å². The summed E-state index contributed by atoms with van der Waals surface area (Å²) in [6, 6.07) is 14.0.